The third-order valence-corrected chi connectivity index (χ3v) is 4.37. The number of hydrogen-bond donors (Lipinski definition) is 1. The number of rotatable bonds is 5. The monoisotopic (exact) mass is 293 g/mol. The molecule has 1 aromatic rings. The number of carbonyl (C=O) groups is 1. The zero-order valence-corrected chi connectivity index (χ0v) is 12.2. The topological polar surface area (TPSA) is 38.3 Å². The molecule has 1 aromatic carbocycles. The number of ether oxygens (including phenoxy) is 1. The molecule has 108 valence electrons. The molecule has 0 unspecified atom stereocenters. The van der Waals surface area contributed by atoms with E-state index in [0.29, 0.717) is 18.4 Å². The van der Waals surface area contributed by atoms with E-state index >= 15 is 0 Å². The zero-order chi connectivity index (χ0) is 13.9. The molecule has 4 heteroatoms. The lowest BCUT2D eigenvalue weighted by Gasteiger charge is -2.09. The van der Waals surface area contributed by atoms with Crippen molar-refractivity contribution in [2.45, 2.75) is 50.2 Å². The van der Waals surface area contributed by atoms with Gasteiger partial charge in [0.2, 0.25) is 5.91 Å². The summed E-state index contributed by atoms with van der Waals surface area (Å²) >= 11 is 5.99. The van der Waals surface area contributed by atoms with Crippen LogP contribution in [0.5, 0.6) is 0 Å². The summed E-state index contributed by atoms with van der Waals surface area (Å²) in [6.07, 6.45) is 4.97. The van der Waals surface area contributed by atoms with Gasteiger partial charge in [-0.1, -0.05) is 23.7 Å². The van der Waals surface area contributed by atoms with Gasteiger partial charge in [-0.2, -0.15) is 0 Å². The van der Waals surface area contributed by atoms with Crippen molar-refractivity contribution >= 4 is 17.5 Å². The van der Waals surface area contributed by atoms with Crippen LogP contribution in [0.1, 0.15) is 43.6 Å². The first-order valence-electron chi connectivity index (χ1n) is 7.39. The first-order valence-corrected chi connectivity index (χ1v) is 7.76. The second kappa shape index (κ2) is 6.15. The summed E-state index contributed by atoms with van der Waals surface area (Å²) in [5.41, 5.74) is 1.22. The lowest BCUT2D eigenvalue weighted by atomic mass is 10.1. The number of hydrogen-bond acceptors (Lipinski definition) is 2. The van der Waals surface area contributed by atoms with Gasteiger partial charge in [0.15, 0.2) is 0 Å². The highest BCUT2D eigenvalue weighted by Crippen LogP contribution is 2.41. The van der Waals surface area contributed by atoms with E-state index in [1.807, 2.05) is 18.2 Å². The summed E-state index contributed by atoms with van der Waals surface area (Å²) in [5.74, 6) is 0.579. The Hall–Kier alpha value is -1.06. The predicted octanol–water partition coefficient (Wildman–Crippen LogP) is 3.27. The Morgan fingerprint density at radius 2 is 2.35 bits per heavy atom. The molecule has 1 amide bonds. The van der Waals surface area contributed by atoms with E-state index in [4.69, 9.17) is 16.3 Å². The highest BCUT2D eigenvalue weighted by molar-refractivity contribution is 6.30. The van der Waals surface area contributed by atoms with Gasteiger partial charge in [-0.15, -0.1) is 0 Å². The van der Waals surface area contributed by atoms with Crippen molar-refractivity contribution in [2.75, 3.05) is 6.61 Å². The fourth-order valence-electron chi connectivity index (χ4n) is 2.90. The van der Waals surface area contributed by atoms with E-state index in [-0.39, 0.29) is 11.9 Å². The van der Waals surface area contributed by atoms with Crippen LogP contribution in [0, 0.1) is 0 Å². The van der Waals surface area contributed by atoms with Crippen LogP contribution in [0.4, 0.5) is 0 Å². The van der Waals surface area contributed by atoms with Gasteiger partial charge in [0.05, 0.1) is 6.10 Å². The maximum atomic E-state index is 11.9. The summed E-state index contributed by atoms with van der Waals surface area (Å²) in [5, 5.41) is 3.87. The number of halogens is 1. The van der Waals surface area contributed by atoms with E-state index in [1.165, 1.54) is 5.56 Å². The van der Waals surface area contributed by atoms with E-state index in [1.54, 1.807) is 0 Å². The maximum absolute atomic E-state index is 11.9. The molecule has 2 fully saturated rings. The van der Waals surface area contributed by atoms with Crippen LogP contribution < -0.4 is 5.32 Å². The third kappa shape index (κ3) is 3.53. The molecule has 1 N–H and O–H groups in total. The van der Waals surface area contributed by atoms with Crippen molar-refractivity contribution in [3.63, 3.8) is 0 Å². The molecule has 1 aliphatic carbocycles. The van der Waals surface area contributed by atoms with E-state index in [0.717, 1.165) is 37.3 Å². The quantitative estimate of drug-likeness (QED) is 0.905. The molecule has 0 bridgehead atoms. The van der Waals surface area contributed by atoms with Crippen LogP contribution in [-0.2, 0) is 9.53 Å². The Kier molecular flexibility index (Phi) is 4.27. The standard InChI is InChI=1S/C16H20ClNO2/c17-12-4-1-3-11(9-12)14-10-15(14)18-16(19)7-6-13-5-2-8-20-13/h1,3-4,9,13-15H,2,5-8,10H2,(H,18,19)/t13-,14-,15-/m0/s1. The Morgan fingerprint density at radius 3 is 3.10 bits per heavy atom. The SMILES string of the molecule is O=C(CC[C@@H]1CCCO1)N[C@H]1C[C@H]1c1cccc(Cl)c1. The second-order valence-electron chi connectivity index (χ2n) is 5.74. The van der Waals surface area contributed by atoms with Crippen molar-refractivity contribution in [1.82, 2.24) is 5.32 Å². The lowest BCUT2D eigenvalue weighted by molar-refractivity contribution is -0.121. The fraction of sp³-hybridized carbons (Fsp3) is 0.562. The number of amides is 1. The Morgan fingerprint density at radius 1 is 1.45 bits per heavy atom. The summed E-state index contributed by atoms with van der Waals surface area (Å²) in [6, 6.07) is 8.19. The van der Waals surface area contributed by atoms with Gasteiger partial charge in [-0.3, -0.25) is 4.79 Å². The molecule has 1 aliphatic heterocycles. The normalized spacial score (nSPS) is 28.4. The highest BCUT2D eigenvalue weighted by Gasteiger charge is 2.39. The fourth-order valence-corrected chi connectivity index (χ4v) is 3.10. The van der Waals surface area contributed by atoms with Crippen molar-refractivity contribution < 1.29 is 9.53 Å². The van der Waals surface area contributed by atoms with Crippen LogP contribution in [0.3, 0.4) is 0 Å². The molecular weight excluding hydrogens is 274 g/mol. The van der Waals surface area contributed by atoms with Gasteiger partial charge in [-0.25, -0.2) is 0 Å². The minimum Gasteiger partial charge on any atom is -0.378 e. The zero-order valence-electron chi connectivity index (χ0n) is 11.5. The molecule has 1 saturated carbocycles. The number of carbonyl (C=O) groups excluding carboxylic acids is 1. The maximum Gasteiger partial charge on any atom is 0.220 e. The summed E-state index contributed by atoms with van der Waals surface area (Å²) in [6.45, 7) is 0.853. The molecule has 2 aliphatic rings. The van der Waals surface area contributed by atoms with Gasteiger partial charge in [0.1, 0.15) is 0 Å². The van der Waals surface area contributed by atoms with Crippen molar-refractivity contribution in [3.05, 3.63) is 34.9 Å². The van der Waals surface area contributed by atoms with Crippen molar-refractivity contribution in [2.24, 2.45) is 0 Å². The van der Waals surface area contributed by atoms with Gasteiger partial charge in [-0.05, 0) is 43.4 Å². The van der Waals surface area contributed by atoms with Crippen molar-refractivity contribution in [3.8, 4) is 0 Å². The Bertz CT molecular complexity index is 485. The van der Waals surface area contributed by atoms with Crippen LogP contribution in [-0.4, -0.2) is 24.7 Å². The molecule has 20 heavy (non-hydrogen) atoms. The lowest BCUT2D eigenvalue weighted by Crippen LogP contribution is -2.27. The first-order chi connectivity index (χ1) is 9.72. The molecule has 3 atom stereocenters. The van der Waals surface area contributed by atoms with Crippen LogP contribution in [0.25, 0.3) is 0 Å². The molecule has 1 heterocycles. The largest absolute Gasteiger partial charge is 0.378 e. The van der Waals surface area contributed by atoms with Crippen LogP contribution in [0.15, 0.2) is 24.3 Å². The molecule has 3 rings (SSSR count). The molecule has 3 nitrogen and oxygen atoms in total. The Labute approximate surface area is 124 Å². The van der Waals surface area contributed by atoms with Gasteiger partial charge >= 0.3 is 0 Å². The van der Waals surface area contributed by atoms with Crippen molar-refractivity contribution in [1.29, 1.82) is 0 Å². The third-order valence-electron chi connectivity index (χ3n) is 4.13. The summed E-state index contributed by atoms with van der Waals surface area (Å²) in [4.78, 5) is 11.9. The molecular formula is C16H20ClNO2. The average Bonchev–Trinajstić information content (AvgIpc) is 2.99. The van der Waals surface area contributed by atoms with E-state index in [2.05, 4.69) is 11.4 Å². The molecule has 1 saturated heterocycles. The molecule has 0 aromatic heterocycles. The van der Waals surface area contributed by atoms with E-state index in [9.17, 15) is 4.79 Å². The highest BCUT2D eigenvalue weighted by atomic mass is 35.5. The average molecular weight is 294 g/mol. The minimum atomic E-state index is 0.148. The second-order valence-corrected chi connectivity index (χ2v) is 6.18. The predicted molar refractivity (Wildman–Crippen MR) is 78.9 cm³/mol. The summed E-state index contributed by atoms with van der Waals surface area (Å²) in [7, 11) is 0. The van der Waals surface area contributed by atoms with Gasteiger partial charge in [0.25, 0.3) is 0 Å². The number of nitrogens with one attached hydrogen (secondary N) is 1. The van der Waals surface area contributed by atoms with Crippen LogP contribution >= 0.6 is 11.6 Å². The Balaban J connectivity index is 1.42. The van der Waals surface area contributed by atoms with Crippen LogP contribution in [0.2, 0.25) is 5.02 Å². The molecule has 0 radical (unpaired) electrons. The van der Waals surface area contributed by atoms with Gasteiger partial charge < -0.3 is 10.1 Å². The van der Waals surface area contributed by atoms with E-state index < -0.39 is 0 Å². The first kappa shape index (κ1) is 13.9. The molecule has 0 spiro atoms. The smallest absolute Gasteiger partial charge is 0.220 e. The minimum absolute atomic E-state index is 0.148. The van der Waals surface area contributed by atoms with Gasteiger partial charge in [0, 0.05) is 30.0 Å². The number of benzene rings is 1. The summed E-state index contributed by atoms with van der Waals surface area (Å²) < 4.78 is 5.53.